The maximum absolute atomic E-state index is 12.9. The summed E-state index contributed by atoms with van der Waals surface area (Å²) in [6.07, 6.45) is 7.79. The Hall–Kier alpha value is -3.08. The summed E-state index contributed by atoms with van der Waals surface area (Å²) in [5.41, 5.74) is 2.68. The Morgan fingerprint density at radius 3 is 2.25 bits per heavy atom. The highest BCUT2D eigenvalue weighted by atomic mass is 16.6. The predicted octanol–water partition coefficient (Wildman–Crippen LogP) is 7.90. The third-order valence-electron chi connectivity index (χ3n) is 5.52. The Balaban J connectivity index is 2.23. The average molecular weight is 495 g/mol. The van der Waals surface area contributed by atoms with Gasteiger partial charge >= 0.3 is 5.97 Å². The highest BCUT2D eigenvalue weighted by Crippen LogP contribution is 2.33. The van der Waals surface area contributed by atoms with E-state index in [0.29, 0.717) is 29.0 Å². The van der Waals surface area contributed by atoms with Crippen molar-refractivity contribution in [2.45, 2.75) is 92.8 Å². The van der Waals surface area contributed by atoms with E-state index in [1.54, 1.807) is 18.2 Å². The number of rotatable bonds is 12. The number of carbonyl (C=O) groups is 2. The lowest BCUT2D eigenvalue weighted by Gasteiger charge is -2.23. The molecule has 0 N–H and O–H groups in total. The zero-order valence-corrected chi connectivity index (χ0v) is 23.2. The molecule has 0 aliphatic rings. The molecule has 0 atom stereocenters. The summed E-state index contributed by atoms with van der Waals surface area (Å²) in [7, 11) is 0. The molecule has 0 saturated heterocycles. The van der Waals surface area contributed by atoms with E-state index in [2.05, 4.69) is 6.92 Å². The lowest BCUT2D eigenvalue weighted by Crippen LogP contribution is -2.25. The summed E-state index contributed by atoms with van der Waals surface area (Å²) in [6, 6.07) is 9.09. The Labute approximate surface area is 216 Å². The van der Waals surface area contributed by atoms with Gasteiger partial charge in [-0.05, 0) is 103 Å². The fourth-order valence-corrected chi connectivity index (χ4v) is 3.85. The minimum absolute atomic E-state index is 0.102. The van der Waals surface area contributed by atoms with Crippen LogP contribution in [0.3, 0.4) is 0 Å². The minimum Gasteiger partial charge on any atom is -0.494 e. The van der Waals surface area contributed by atoms with Gasteiger partial charge in [0, 0.05) is 16.7 Å². The van der Waals surface area contributed by atoms with E-state index < -0.39 is 5.60 Å². The van der Waals surface area contributed by atoms with E-state index in [9.17, 15) is 9.59 Å². The van der Waals surface area contributed by atoms with Crippen LogP contribution in [0.4, 0.5) is 0 Å². The molecule has 196 valence electrons. The van der Waals surface area contributed by atoms with Crippen molar-refractivity contribution < 1.29 is 23.8 Å². The van der Waals surface area contributed by atoms with Gasteiger partial charge in [0.15, 0.2) is 5.78 Å². The first kappa shape index (κ1) is 29.2. The van der Waals surface area contributed by atoms with E-state index in [1.165, 1.54) is 18.9 Å². The number of unbranched alkanes of at least 4 members (excludes halogenated alkanes) is 3. The second kappa shape index (κ2) is 13.3. The second-order valence-corrected chi connectivity index (χ2v) is 10.4. The van der Waals surface area contributed by atoms with Gasteiger partial charge in [0.2, 0.25) is 0 Å². The number of allylic oxidation sites excluding steroid dienone is 1. The molecule has 2 rings (SSSR count). The van der Waals surface area contributed by atoms with Crippen molar-refractivity contribution in [1.29, 1.82) is 0 Å². The van der Waals surface area contributed by atoms with E-state index in [1.807, 2.05) is 66.7 Å². The topological polar surface area (TPSA) is 61.8 Å². The lowest BCUT2D eigenvalue weighted by atomic mass is 9.96. The van der Waals surface area contributed by atoms with Gasteiger partial charge in [0.1, 0.15) is 17.1 Å². The zero-order valence-electron chi connectivity index (χ0n) is 23.2. The van der Waals surface area contributed by atoms with Gasteiger partial charge in [-0.1, -0.05) is 26.2 Å². The predicted molar refractivity (Wildman–Crippen MR) is 146 cm³/mol. The average Bonchev–Trinajstić information content (AvgIpc) is 2.78. The van der Waals surface area contributed by atoms with Crippen molar-refractivity contribution >= 4 is 17.8 Å². The van der Waals surface area contributed by atoms with Crippen molar-refractivity contribution in [2.24, 2.45) is 0 Å². The van der Waals surface area contributed by atoms with Crippen LogP contribution in [-0.2, 0) is 4.74 Å². The summed E-state index contributed by atoms with van der Waals surface area (Å²) in [5.74, 6) is 0.841. The molecule has 0 unspecified atom stereocenters. The van der Waals surface area contributed by atoms with Crippen LogP contribution >= 0.6 is 0 Å². The first-order valence-electron chi connectivity index (χ1n) is 12.9. The second-order valence-electron chi connectivity index (χ2n) is 10.4. The van der Waals surface area contributed by atoms with Gasteiger partial charge in [-0.2, -0.15) is 0 Å². The van der Waals surface area contributed by atoms with Crippen LogP contribution in [0.25, 0.3) is 6.08 Å². The summed E-state index contributed by atoms with van der Waals surface area (Å²) < 4.78 is 17.5. The van der Waals surface area contributed by atoms with E-state index in [0.717, 1.165) is 29.7 Å². The number of ether oxygens (including phenoxy) is 3. The molecule has 36 heavy (non-hydrogen) atoms. The number of carbonyl (C=O) groups excluding carboxylic acids is 2. The number of aryl methyl sites for hydroxylation is 1. The fourth-order valence-electron chi connectivity index (χ4n) is 3.85. The molecule has 0 saturated carbocycles. The van der Waals surface area contributed by atoms with Gasteiger partial charge < -0.3 is 14.2 Å². The van der Waals surface area contributed by atoms with Gasteiger partial charge in [-0.15, -0.1) is 0 Å². The monoisotopic (exact) mass is 494 g/mol. The highest BCUT2D eigenvalue weighted by Gasteiger charge is 2.24. The lowest BCUT2D eigenvalue weighted by molar-refractivity contribution is 0.00671. The van der Waals surface area contributed by atoms with E-state index in [4.69, 9.17) is 14.2 Å². The van der Waals surface area contributed by atoms with Crippen LogP contribution < -0.4 is 9.47 Å². The molecule has 0 radical (unpaired) electrons. The standard InChI is InChI=1S/C31H42O5/c1-9-10-11-12-19-34-26-16-13-24(14-17-26)27(32)18-15-25-20-22(4)28(30(33)36-31(6,7)8)23(5)29(25)35-21(2)3/h13-18,20-21H,9-12,19H2,1-8H3/b18-15+. The van der Waals surface area contributed by atoms with Crippen molar-refractivity contribution in [2.75, 3.05) is 6.61 Å². The first-order chi connectivity index (χ1) is 16.9. The minimum atomic E-state index is -0.602. The van der Waals surface area contributed by atoms with Gasteiger partial charge in [0.25, 0.3) is 0 Å². The molecule has 0 amide bonds. The third kappa shape index (κ3) is 8.85. The molecule has 2 aromatic rings. The molecule has 5 heteroatoms. The molecule has 0 fully saturated rings. The molecule has 0 aliphatic carbocycles. The molecule has 5 nitrogen and oxygen atoms in total. The highest BCUT2D eigenvalue weighted by molar-refractivity contribution is 6.07. The molecule has 0 heterocycles. The molecule has 0 bridgehead atoms. The van der Waals surface area contributed by atoms with Crippen LogP contribution in [0.5, 0.6) is 11.5 Å². The number of hydrogen-bond acceptors (Lipinski definition) is 5. The molecular weight excluding hydrogens is 452 g/mol. The summed E-state index contributed by atoms with van der Waals surface area (Å²) in [6.45, 7) is 16.0. The van der Waals surface area contributed by atoms with Crippen LogP contribution in [0.1, 0.15) is 105 Å². The van der Waals surface area contributed by atoms with Crippen molar-refractivity contribution in [3.63, 3.8) is 0 Å². The van der Waals surface area contributed by atoms with Gasteiger partial charge in [-0.3, -0.25) is 4.79 Å². The molecule has 2 aromatic carbocycles. The Morgan fingerprint density at radius 1 is 1.00 bits per heavy atom. The first-order valence-corrected chi connectivity index (χ1v) is 12.9. The van der Waals surface area contributed by atoms with Crippen molar-refractivity contribution in [1.82, 2.24) is 0 Å². The third-order valence-corrected chi connectivity index (χ3v) is 5.52. The normalized spacial score (nSPS) is 11.7. The Kier molecular flexibility index (Phi) is 10.8. The number of hydrogen-bond donors (Lipinski definition) is 0. The zero-order chi connectivity index (χ0) is 26.9. The van der Waals surface area contributed by atoms with Gasteiger partial charge in [0.05, 0.1) is 18.3 Å². The van der Waals surface area contributed by atoms with Crippen molar-refractivity contribution in [3.8, 4) is 11.5 Å². The molecule has 0 spiro atoms. The van der Waals surface area contributed by atoms with Crippen LogP contribution in [0.15, 0.2) is 36.4 Å². The Morgan fingerprint density at radius 2 is 1.67 bits per heavy atom. The van der Waals surface area contributed by atoms with Gasteiger partial charge in [-0.25, -0.2) is 4.79 Å². The van der Waals surface area contributed by atoms with E-state index in [-0.39, 0.29) is 17.9 Å². The van der Waals surface area contributed by atoms with Crippen LogP contribution in [0, 0.1) is 13.8 Å². The molecule has 0 aliphatic heterocycles. The molecule has 0 aromatic heterocycles. The molecular formula is C31H42O5. The number of ketones is 1. The SMILES string of the molecule is CCCCCCOc1ccc(C(=O)/C=C/c2cc(C)c(C(=O)OC(C)(C)C)c(C)c2OC(C)C)cc1. The number of esters is 1. The van der Waals surface area contributed by atoms with Crippen LogP contribution in [0.2, 0.25) is 0 Å². The van der Waals surface area contributed by atoms with Crippen LogP contribution in [-0.4, -0.2) is 30.1 Å². The maximum Gasteiger partial charge on any atom is 0.339 e. The summed E-state index contributed by atoms with van der Waals surface area (Å²) in [4.78, 5) is 25.7. The summed E-state index contributed by atoms with van der Waals surface area (Å²) >= 11 is 0. The largest absolute Gasteiger partial charge is 0.494 e. The quantitative estimate of drug-likeness (QED) is 0.130. The van der Waals surface area contributed by atoms with Crippen molar-refractivity contribution in [3.05, 3.63) is 64.2 Å². The number of benzene rings is 2. The fraction of sp³-hybridized carbons (Fsp3) is 0.484. The Bertz CT molecular complexity index is 1060. The van der Waals surface area contributed by atoms with E-state index >= 15 is 0 Å². The smallest absolute Gasteiger partial charge is 0.339 e. The summed E-state index contributed by atoms with van der Waals surface area (Å²) in [5, 5.41) is 0. The maximum atomic E-state index is 12.9.